The van der Waals surface area contributed by atoms with Crippen molar-refractivity contribution in [3.05, 3.63) is 81.8 Å². The zero-order chi connectivity index (χ0) is 19.8. The van der Waals surface area contributed by atoms with Crippen molar-refractivity contribution in [1.29, 1.82) is 0 Å². The predicted molar refractivity (Wildman–Crippen MR) is 121 cm³/mol. The number of benzene rings is 1. The van der Waals surface area contributed by atoms with E-state index >= 15 is 0 Å². The van der Waals surface area contributed by atoms with Gasteiger partial charge < -0.3 is 14.8 Å². The summed E-state index contributed by atoms with van der Waals surface area (Å²) >= 11 is 9.25. The summed E-state index contributed by atoms with van der Waals surface area (Å²) in [5.41, 5.74) is 5.88. The van der Waals surface area contributed by atoms with E-state index in [-0.39, 0.29) is 12.1 Å². The summed E-state index contributed by atoms with van der Waals surface area (Å²) in [6.07, 6.45) is 1.84. The number of halogens is 1. The van der Waals surface area contributed by atoms with Crippen LogP contribution >= 0.6 is 28.1 Å². The van der Waals surface area contributed by atoms with E-state index in [9.17, 15) is 0 Å². The first kappa shape index (κ1) is 19.2. The number of rotatable bonds is 4. The molecule has 0 amide bonds. The SMILES string of the molecule is CCN1C(=S)NC(c2ccccn2)C1c1cc(C)n(-c2cccc(Br)c2)c1C. The lowest BCUT2D eigenvalue weighted by atomic mass is 9.97. The molecule has 0 radical (unpaired) electrons. The lowest BCUT2D eigenvalue weighted by Crippen LogP contribution is -2.29. The third kappa shape index (κ3) is 3.25. The lowest BCUT2D eigenvalue weighted by Gasteiger charge is -2.27. The van der Waals surface area contributed by atoms with E-state index in [2.05, 4.69) is 86.8 Å². The summed E-state index contributed by atoms with van der Waals surface area (Å²) in [7, 11) is 0. The Bertz CT molecular complexity index is 1010. The standard InChI is InChI=1S/C22H23BrN4S/c1-4-26-21(20(25-22(26)28)19-10-5-6-11-24-19)18-12-14(2)27(15(18)3)17-9-7-8-16(23)13-17/h5-13,20-21H,4H2,1-3H3,(H,25,28). The lowest BCUT2D eigenvalue weighted by molar-refractivity contribution is 0.329. The molecule has 1 saturated heterocycles. The van der Waals surface area contributed by atoms with Gasteiger partial charge in [0.15, 0.2) is 5.11 Å². The normalized spacial score (nSPS) is 19.1. The summed E-state index contributed by atoms with van der Waals surface area (Å²) in [5.74, 6) is 0. The minimum atomic E-state index is 0.0325. The van der Waals surface area contributed by atoms with Crippen molar-refractivity contribution < 1.29 is 0 Å². The smallest absolute Gasteiger partial charge is 0.170 e. The number of likely N-dealkylation sites (N-methyl/N-ethyl adjacent to an activating group) is 1. The van der Waals surface area contributed by atoms with E-state index < -0.39 is 0 Å². The van der Waals surface area contributed by atoms with Gasteiger partial charge >= 0.3 is 0 Å². The fourth-order valence-corrected chi connectivity index (χ4v) is 4.94. The van der Waals surface area contributed by atoms with Gasteiger partial charge in [0.25, 0.3) is 0 Å². The fraction of sp³-hybridized carbons (Fsp3) is 0.273. The monoisotopic (exact) mass is 454 g/mol. The van der Waals surface area contributed by atoms with Crippen LogP contribution in [0.4, 0.5) is 0 Å². The zero-order valence-electron chi connectivity index (χ0n) is 16.2. The van der Waals surface area contributed by atoms with E-state index in [0.29, 0.717) is 0 Å². The predicted octanol–water partition coefficient (Wildman–Crippen LogP) is 5.24. The number of nitrogens with one attached hydrogen (secondary N) is 1. The molecule has 0 bridgehead atoms. The van der Waals surface area contributed by atoms with Gasteiger partial charge in [0, 0.05) is 34.3 Å². The van der Waals surface area contributed by atoms with Crippen LogP contribution in [0.1, 0.15) is 41.7 Å². The molecule has 4 nitrogen and oxygen atoms in total. The van der Waals surface area contributed by atoms with Gasteiger partial charge in [-0.3, -0.25) is 4.98 Å². The molecule has 1 aromatic carbocycles. The molecule has 1 fully saturated rings. The van der Waals surface area contributed by atoms with Crippen LogP contribution in [0.3, 0.4) is 0 Å². The Morgan fingerprint density at radius 1 is 1.14 bits per heavy atom. The maximum absolute atomic E-state index is 5.66. The second kappa shape index (κ2) is 7.68. The molecule has 1 N–H and O–H groups in total. The molecule has 1 aliphatic rings. The highest BCUT2D eigenvalue weighted by molar-refractivity contribution is 9.10. The van der Waals surface area contributed by atoms with E-state index in [0.717, 1.165) is 27.5 Å². The van der Waals surface area contributed by atoms with Gasteiger partial charge in [-0.25, -0.2) is 0 Å². The molecule has 3 heterocycles. The molecule has 2 aromatic heterocycles. The summed E-state index contributed by atoms with van der Waals surface area (Å²) in [5, 5.41) is 4.29. The van der Waals surface area contributed by atoms with Gasteiger partial charge in [0.2, 0.25) is 0 Å². The first-order chi connectivity index (χ1) is 13.5. The maximum atomic E-state index is 5.66. The Balaban J connectivity index is 1.84. The number of hydrogen-bond acceptors (Lipinski definition) is 2. The molecule has 0 spiro atoms. The number of hydrogen-bond donors (Lipinski definition) is 1. The molecule has 4 rings (SSSR count). The highest BCUT2D eigenvalue weighted by Gasteiger charge is 2.40. The van der Waals surface area contributed by atoms with Gasteiger partial charge in [0.05, 0.1) is 17.8 Å². The second-order valence-electron chi connectivity index (χ2n) is 7.05. The Hall–Kier alpha value is -2.18. The van der Waals surface area contributed by atoms with Crippen molar-refractivity contribution in [1.82, 2.24) is 19.8 Å². The van der Waals surface area contributed by atoms with Crippen LogP contribution < -0.4 is 5.32 Å². The molecular weight excluding hydrogens is 432 g/mol. The van der Waals surface area contributed by atoms with Crippen LogP contribution in [0.25, 0.3) is 5.69 Å². The van der Waals surface area contributed by atoms with Gasteiger partial charge in [-0.1, -0.05) is 28.1 Å². The quantitative estimate of drug-likeness (QED) is 0.546. The molecule has 28 heavy (non-hydrogen) atoms. The Morgan fingerprint density at radius 2 is 1.96 bits per heavy atom. The van der Waals surface area contributed by atoms with Crippen molar-refractivity contribution in [2.24, 2.45) is 0 Å². The number of nitrogens with zero attached hydrogens (tertiary/aromatic N) is 3. The largest absolute Gasteiger partial charge is 0.352 e. The summed E-state index contributed by atoms with van der Waals surface area (Å²) < 4.78 is 3.38. The van der Waals surface area contributed by atoms with Gasteiger partial charge in [0.1, 0.15) is 0 Å². The third-order valence-corrected chi connectivity index (χ3v) is 6.24. The molecule has 144 valence electrons. The van der Waals surface area contributed by atoms with Crippen molar-refractivity contribution in [2.75, 3.05) is 6.54 Å². The third-order valence-electron chi connectivity index (χ3n) is 5.39. The summed E-state index contributed by atoms with van der Waals surface area (Å²) in [4.78, 5) is 6.87. The first-order valence-corrected chi connectivity index (χ1v) is 10.6. The van der Waals surface area contributed by atoms with E-state index in [1.165, 1.54) is 17.0 Å². The second-order valence-corrected chi connectivity index (χ2v) is 8.36. The van der Waals surface area contributed by atoms with Crippen molar-refractivity contribution in [3.63, 3.8) is 0 Å². The van der Waals surface area contributed by atoms with Gasteiger partial charge in [-0.05, 0) is 75.0 Å². The summed E-state index contributed by atoms with van der Waals surface area (Å²) in [6.45, 7) is 7.34. The number of thiocarbonyl (C=S) groups is 1. The molecule has 0 aliphatic carbocycles. The Kier molecular flexibility index (Phi) is 5.25. The van der Waals surface area contributed by atoms with Crippen molar-refractivity contribution >= 4 is 33.3 Å². The average molecular weight is 455 g/mol. The zero-order valence-corrected chi connectivity index (χ0v) is 18.6. The molecule has 0 saturated carbocycles. The number of aryl methyl sites for hydroxylation is 1. The van der Waals surface area contributed by atoms with Crippen molar-refractivity contribution in [2.45, 2.75) is 32.9 Å². The maximum Gasteiger partial charge on any atom is 0.170 e. The molecule has 2 atom stereocenters. The van der Waals surface area contributed by atoms with Crippen LogP contribution in [-0.4, -0.2) is 26.1 Å². The topological polar surface area (TPSA) is 33.1 Å². The molecule has 3 aromatic rings. The Morgan fingerprint density at radius 3 is 2.64 bits per heavy atom. The van der Waals surface area contributed by atoms with E-state index in [4.69, 9.17) is 12.2 Å². The average Bonchev–Trinajstić information content (AvgIpc) is 3.17. The van der Waals surface area contributed by atoms with Crippen LogP contribution in [0.15, 0.2) is 59.2 Å². The van der Waals surface area contributed by atoms with E-state index in [1.807, 2.05) is 24.4 Å². The van der Waals surface area contributed by atoms with E-state index in [1.54, 1.807) is 0 Å². The first-order valence-electron chi connectivity index (χ1n) is 9.44. The fourth-order valence-electron chi connectivity index (χ4n) is 4.18. The molecule has 1 aliphatic heterocycles. The van der Waals surface area contributed by atoms with Crippen molar-refractivity contribution in [3.8, 4) is 5.69 Å². The van der Waals surface area contributed by atoms with Crippen LogP contribution in [0.5, 0.6) is 0 Å². The number of pyridine rings is 1. The molecular formula is C22H23BrN4S. The minimum absolute atomic E-state index is 0.0325. The van der Waals surface area contributed by atoms with Crippen LogP contribution in [-0.2, 0) is 0 Å². The highest BCUT2D eigenvalue weighted by Crippen LogP contribution is 2.41. The van der Waals surface area contributed by atoms with Crippen LogP contribution in [0.2, 0.25) is 0 Å². The number of aromatic nitrogens is 2. The Labute approximate surface area is 179 Å². The minimum Gasteiger partial charge on any atom is -0.352 e. The van der Waals surface area contributed by atoms with Gasteiger partial charge in [-0.2, -0.15) is 0 Å². The highest BCUT2D eigenvalue weighted by atomic mass is 79.9. The van der Waals surface area contributed by atoms with Crippen LogP contribution in [0, 0.1) is 13.8 Å². The summed E-state index contributed by atoms with van der Waals surface area (Å²) in [6, 6.07) is 16.9. The van der Waals surface area contributed by atoms with Gasteiger partial charge in [-0.15, -0.1) is 0 Å². The molecule has 2 unspecified atom stereocenters. The molecule has 6 heteroatoms.